The maximum Gasteiger partial charge on any atom is 0.230 e. The molecule has 0 saturated heterocycles. The summed E-state index contributed by atoms with van der Waals surface area (Å²) in [7, 11) is 0. The van der Waals surface area contributed by atoms with E-state index in [1.807, 2.05) is 12.1 Å². The Morgan fingerprint density at radius 3 is 2.79 bits per heavy atom. The zero-order valence-corrected chi connectivity index (χ0v) is 17.5. The minimum Gasteiger partial charge on any atom is -0.353 e. The van der Waals surface area contributed by atoms with Crippen LogP contribution in [0.1, 0.15) is 37.8 Å². The number of hydrogen-bond acceptors (Lipinski definition) is 5. The highest BCUT2D eigenvalue weighted by molar-refractivity contribution is 7.99. The third-order valence-corrected chi connectivity index (χ3v) is 6.58. The summed E-state index contributed by atoms with van der Waals surface area (Å²) in [5, 5.41) is 14.8. The number of thioether (sulfide) groups is 1. The van der Waals surface area contributed by atoms with E-state index in [1.54, 1.807) is 11.3 Å². The van der Waals surface area contributed by atoms with Gasteiger partial charge < -0.3 is 5.32 Å². The largest absolute Gasteiger partial charge is 0.353 e. The van der Waals surface area contributed by atoms with E-state index in [1.165, 1.54) is 17.3 Å². The van der Waals surface area contributed by atoms with Gasteiger partial charge in [-0.3, -0.25) is 9.36 Å². The molecule has 1 aliphatic rings. The SMILES string of the molecule is CC(CCc1ccccc1)NC(=O)CSc1nnc(-c2cccs2)n1C1CC1. The number of carbonyl (C=O) groups is 1. The van der Waals surface area contributed by atoms with Crippen molar-refractivity contribution in [2.75, 3.05) is 5.75 Å². The van der Waals surface area contributed by atoms with Gasteiger partial charge in [0.05, 0.1) is 10.6 Å². The second-order valence-electron chi connectivity index (χ2n) is 7.17. The number of carbonyl (C=O) groups excluding carboxylic acids is 1. The number of amides is 1. The van der Waals surface area contributed by atoms with Crippen LogP contribution in [-0.2, 0) is 11.2 Å². The maximum absolute atomic E-state index is 12.4. The summed E-state index contributed by atoms with van der Waals surface area (Å²) >= 11 is 3.15. The molecule has 2 heterocycles. The minimum atomic E-state index is 0.0496. The highest BCUT2D eigenvalue weighted by atomic mass is 32.2. The highest BCUT2D eigenvalue weighted by Gasteiger charge is 2.30. The van der Waals surface area contributed by atoms with E-state index < -0.39 is 0 Å². The monoisotopic (exact) mass is 412 g/mol. The third kappa shape index (κ3) is 4.83. The van der Waals surface area contributed by atoms with E-state index in [4.69, 9.17) is 0 Å². The molecular formula is C21H24N4OS2. The van der Waals surface area contributed by atoms with Gasteiger partial charge in [-0.25, -0.2) is 0 Å². The van der Waals surface area contributed by atoms with Crippen LogP contribution in [0, 0.1) is 0 Å². The summed E-state index contributed by atoms with van der Waals surface area (Å²) < 4.78 is 2.21. The number of hydrogen-bond donors (Lipinski definition) is 1. The fraction of sp³-hybridized carbons (Fsp3) is 0.381. The molecule has 4 rings (SSSR count). The Morgan fingerprint density at radius 2 is 2.07 bits per heavy atom. The predicted octanol–water partition coefficient (Wildman–Crippen LogP) is 4.57. The zero-order valence-electron chi connectivity index (χ0n) is 15.9. The Bertz CT molecular complexity index is 904. The molecule has 2 aromatic heterocycles. The van der Waals surface area contributed by atoms with Crippen LogP contribution in [0.25, 0.3) is 10.7 Å². The van der Waals surface area contributed by atoms with Crippen molar-refractivity contribution >= 4 is 29.0 Å². The van der Waals surface area contributed by atoms with Gasteiger partial charge in [0.1, 0.15) is 0 Å². The maximum atomic E-state index is 12.4. The van der Waals surface area contributed by atoms with Crippen molar-refractivity contribution in [1.82, 2.24) is 20.1 Å². The zero-order chi connectivity index (χ0) is 19.3. The van der Waals surface area contributed by atoms with Crippen molar-refractivity contribution in [3.8, 4) is 10.7 Å². The number of nitrogens with zero attached hydrogens (tertiary/aromatic N) is 3. The Morgan fingerprint density at radius 1 is 1.25 bits per heavy atom. The minimum absolute atomic E-state index is 0.0496. The van der Waals surface area contributed by atoms with Gasteiger partial charge in [-0.1, -0.05) is 48.2 Å². The van der Waals surface area contributed by atoms with E-state index >= 15 is 0 Å². The summed E-state index contributed by atoms with van der Waals surface area (Å²) in [5.41, 5.74) is 1.30. The molecule has 0 spiro atoms. The molecule has 0 aliphatic heterocycles. The first-order chi connectivity index (χ1) is 13.7. The normalized spacial score (nSPS) is 14.8. The van der Waals surface area contributed by atoms with Crippen molar-refractivity contribution in [2.45, 2.75) is 49.8 Å². The lowest BCUT2D eigenvalue weighted by molar-refractivity contribution is -0.119. The second kappa shape index (κ2) is 8.92. The molecule has 1 saturated carbocycles. The van der Waals surface area contributed by atoms with Crippen LogP contribution in [0.3, 0.4) is 0 Å². The van der Waals surface area contributed by atoms with Gasteiger partial charge in [0.15, 0.2) is 11.0 Å². The van der Waals surface area contributed by atoms with Gasteiger partial charge in [-0.15, -0.1) is 21.5 Å². The van der Waals surface area contributed by atoms with Crippen molar-refractivity contribution in [3.63, 3.8) is 0 Å². The molecule has 1 aromatic carbocycles. The van der Waals surface area contributed by atoms with Crippen LogP contribution >= 0.6 is 23.1 Å². The Hall–Kier alpha value is -2.12. The average Bonchev–Trinajstić information content (AvgIpc) is 3.23. The molecule has 1 aliphatic carbocycles. The van der Waals surface area contributed by atoms with Gasteiger partial charge in [0.2, 0.25) is 5.91 Å². The van der Waals surface area contributed by atoms with Crippen LogP contribution in [0.2, 0.25) is 0 Å². The first kappa shape index (κ1) is 19.2. The summed E-state index contributed by atoms with van der Waals surface area (Å²) in [4.78, 5) is 13.5. The van der Waals surface area contributed by atoms with E-state index in [2.05, 4.69) is 62.7 Å². The molecule has 28 heavy (non-hydrogen) atoms. The molecule has 146 valence electrons. The number of thiophene rings is 1. The predicted molar refractivity (Wildman–Crippen MR) is 115 cm³/mol. The van der Waals surface area contributed by atoms with Gasteiger partial charge >= 0.3 is 0 Å². The summed E-state index contributed by atoms with van der Waals surface area (Å²) in [5.74, 6) is 1.34. The van der Waals surface area contributed by atoms with Crippen LogP contribution in [0.15, 0.2) is 53.0 Å². The molecule has 3 aromatic rings. The molecule has 7 heteroatoms. The number of benzene rings is 1. The van der Waals surface area contributed by atoms with Crippen molar-refractivity contribution in [3.05, 3.63) is 53.4 Å². The lowest BCUT2D eigenvalue weighted by Gasteiger charge is -2.14. The summed E-state index contributed by atoms with van der Waals surface area (Å²) in [6.07, 6.45) is 4.22. The van der Waals surface area contributed by atoms with E-state index in [-0.39, 0.29) is 11.9 Å². The molecule has 1 N–H and O–H groups in total. The standard InChI is InChI=1S/C21H24N4OS2/c1-15(9-10-16-6-3-2-4-7-16)22-19(26)14-28-21-24-23-20(18-8-5-13-27-18)25(21)17-11-12-17/h2-8,13,15,17H,9-12,14H2,1H3,(H,22,26). The lowest BCUT2D eigenvalue weighted by atomic mass is 10.1. The molecule has 1 amide bonds. The van der Waals surface area contributed by atoms with Gasteiger partial charge in [0, 0.05) is 12.1 Å². The topological polar surface area (TPSA) is 59.8 Å². The summed E-state index contributed by atoms with van der Waals surface area (Å²) in [6.45, 7) is 2.06. The van der Waals surface area contributed by atoms with Gasteiger partial charge in [0.25, 0.3) is 0 Å². The molecule has 5 nitrogen and oxygen atoms in total. The Balaban J connectivity index is 1.30. The van der Waals surface area contributed by atoms with Gasteiger partial charge in [-0.2, -0.15) is 0 Å². The van der Waals surface area contributed by atoms with E-state index in [0.717, 1.165) is 41.5 Å². The molecule has 1 unspecified atom stereocenters. The first-order valence-corrected chi connectivity index (χ1v) is 11.5. The lowest BCUT2D eigenvalue weighted by Crippen LogP contribution is -2.34. The van der Waals surface area contributed by atoms with Gasteiger partial charge in [-0.05, 0) is 49.6 Å². The van der Waals surface area contributed by atoms with E-state index in [9.17, 15) is 4.79 Å². The quantitative estimate of drug-likeness (QED) is 0.523. The number of aromatic nitrogens is 3. The summed E-state index contributed by atoms with van der Waals surface area (Å²) in [6, 6.07) is 15.1. The molecular weight excluding hydrogens is 388 g/mol. The first-order valence-electron chi connectivity index (χ1n) is 9.65. The van der Waals surface area contributed by atoms with E-state index in [0.29, 0.717) is 11.8 Å². The van der Waals surface area contributed by atoms with Crippen molar-refractivity contribution in [1.29, 1.82) is 0 Å². The number of aryl methyl sites for hydroxylation is 1. The molecule has 0 bridgehead atoms. The Kier molecular flexibility index (Phi) is 6.12. The number of nitrogens with one attached hydrogen (secondary N) is 1. The fourth-order valence-electron chi connectivity index (χ4n) is 3.16. The number of rotatable bonds is 9. The molecule has 1 fully saturated rings. The third-order valence-electron chi connectivity index (χ3n) is 4.77. The van der Waals surface area contributed by atoms with Crippen molar-refractivity contribution in [2.24, 2.45) is 0 Å². The van der Waals surface area contributed by atoms with Crippen molar-refractivity contribution < 1.29 is 4.79 Å². The second-order valence-corrected chi connectivity index (χ2v) is 9.06. The van der Waals surface area contributed by atoms with Crippen LogP contribution in [0.5, 0.6) is 0 Å². The highest BCUT2D eigenvalue weighted by Crippen LogP contribution is 2.41. The molecule has 0 radical (unpaired) electrons. The van der Waals surface area contributed by atoms with Crippen LogP contribution < -0.4 is 5.32 Å². The fourth-order valence-corrected chi connectivity index (χ4v) is 4.68. The molecule has 1 atom stereocenters. The average molecular weight is 413 g/mol. The Labute approximate surface area is 173 Å². The van der Waals surface area contributed by atoms with Crippen LogP contribution in [-0.4, -0.2) is 32.5 Å². The smallest absolute Gasteiger partial charge is 0.230 e. The van der Waals surface area contributed by atoms with Crippen LogP contribution in [0.4, 0.5) is 0 Å².